The van der Waals surface area contributed by atoms with E-state index in [0.717, 1.165) is 36.4 Å². The molecule has 27 heavy (non-hydrogen) atoms. The first-order chi connectivity index (χ1) is 13.2. The number of hydrogen-bond acceptors (Lipinski definition) is 4. The van der Waals surface area contributed by atoms with Crippen LogP contribution in [0.2, 0.25) is 0 Å². The second-order valence-electron chi connectivity index (χ2n) is 6.93. The first-order valence-electron chi connectivity index (χ1n) is 9.04. The summed E-state index contributed by atoms with van der Waals surface area (Å²) in [5.74, 6) is 0.562. The molecule has 1 N–H and O–H groups in total. The number of benzene rings is 1. The van der Waals surface area contributed by atoms with E-state index in [2.05, 4.69) is 19.9 Å². The Morgan fingerprint density at radius 2 is 2.11 bits per heavy atom. The average molecular weight is 363 g/mol. The predicted molar refractivity (Wildman–Crippen MR) is 99.9 cm³/mol. The summed E-state index contributed by atoms with van der Waals surface area (Å²) in [5, 5.41) is 0. The maximum atomic E-state index is 13.5. The maximum Gasteiger partial charge on any atom is 0.258 e. The molecule has 7 heteroatoms. The fraction of sp³-hybridized carbons (Fsp3) is 0.250. The zero-order chi connectivity index (χ0) is 18.4. The Kier molecular flexibility index (Phi) is 3.75. The van der Waals surface area contributed by atoms with Gasteiger partial charge in [-0.25, -0.2) is 14.4 Å². The van der Waals surface area contributed by atoms with E-state index in [0.29, 0.717) is 17.7 Å². The number of aromatic amines is 1. The van der Waals surface area contributed by atoms with Crippen molar-refractivity contribution in [3.8, 4) is 0 Å². The lowest BCUT2D eigenvalue weighted by atomic mass is 10.2. The molecule has 136 valence electrons. The highest BCUT2D eigenvalue weighted by Gasteiger charge is 2.29. The molecule has 4 heterocycles. The van der Waals surface area contributed by atoms with Gasteiger partial charge in [-0.3, -0.25) is 14.1 Å². The summed E-state index contributed by atoms with van der Waals surface area (Å²) >= 11 is 0. The summed E-state index contributed by atoms with van der Waals surface area (Å²) < 4.78 is 15.0. The van der Waals surface area contributed by atoms with E-state index in [1.807, 2.05) is 18.2 Å². The Balaban J connectivity index is 1.46. The number of fused-ring (bicyclic) bond motifs is 2. The number of hydrogen-bond donors (Lipinski definition) is 1. The first-order valence-corrected chi connectivity index (χ1v) is 9.04. The van der Waals surface area contributed by atoms with Crippen molar-refractivity contribution in [1.29, 1.82) is 0 Å². The molecular formula is C20H18FN5O. The molecule has 1 aromatic carbocycles. The van der Waals surface area contributed by atoms with Crippen molar-refractivity contribution in [2.75, 3.05) is 6.54 Å². The van der Waals surface area contributed by atoms with E-state index in [-0.39, 0.29) is 17.4 Å². The lowest BCUT2D eigenvalue weighted by Gasteiger charge is -2.22. The van der Waals surface area contributed by atoms with E-state index < -0.39 is 0 Å². The van der Waals surface area contributed by atoms with Crippen LogP contribution in [-0.2, 0) is 6.54 Å². The fourth-order valence-corrected chi connectivity index (χ4v) is 3.88. The van der Waals surface area contributed by atoms with Crippen molar-refractivity contribution in [3.05, 3.63) is 76.4 Å². The normalized spacial score (nSPS) is 17.9. The Hall–Kier alpha value is -3.06. The number of aromatic nitrogens is 4. The van der Waals surface area contributed by atoms with Crippen LogP contribution in [0.15, 0.2) is 53.5 Å². The number of rotatable bonds is 3. The van der Waals surface area contributed by atoms with Crippen LogP contribution in [0.3, 0.4) is 0 Å². The van der Waals surface area contributed by atoms with Crippen molar-refractivity contribution in [1.82, 2.24) is 24.3 Å². The van der Waals surface area contributed by atoms with E-state index in [9.17, 15) is 9.18 Å². The summed E-state index contributed by atoms with van der Waals surface area (Å²) in [5.41, 5.74) is 2.79. The highest BCUT2D eigenvalue weighted by Crippen LogP contribution is 2.32. The summed E-state index contributed by atoms with van der Waals surface area (Å²) in [6, 6.07) is 11.8. The zero-order valence-electron chi connectivity index (χ0n) is 14.6. The van der Waals surface area contributed by atoms with Gasteiger partial charge in [0, 0.05) is 18.8 Å². The standard InChI is InChI=1S/C20H18FN5O/c21-13-6-7-15-16(10-13)24-20(23-15)17-4-3-8-25(17)12-14-11-19(27)26-9-2-1-5-18(26)22-14/h1-2,5-7,9-11,17H,3-4,8,12H2,(H,23,24)/t17-/m0/s1. The summed E-state index contributed by atoms with van der Waals surface area (Å²) in [4.78, 5) is 27.1. The summed E-state index contributed by atoms with van der Waals surface area (Å²) in [6.45, 7) is 1.49. The number of likely N-dealkylation sites (tertiary alicyclic amines) is 1. The first kappa shape index (κ1) is 16.1. The largest absolute Gasteiger partial charge is 0.341 e. The third-order valence-corrected chi connectivity index (χ3v) is 5.13. The number of imidazole rings is 1. The second kappa shape index (κ2) is 6.28. The molecule has 1 atom stereocenters. The van der Waals surface area contributed by atoms with E-state index >= 15 is 0 Å². The number of nitrogens with one attached hydrogen (secondary N) is 1. The second-order valence-corrected chi connectivity index (χ2v) is 6.93. The average Bonchev–Trinajstić information content (AvgIpc) is 3.27. The van der Waals surface area contributed by atoms with Crippen LogP contribution in [0, 0.1) is 5.82 Å². The monoisotopic (exact) mass is 363 g/mol. The zero-order valence-corrected chi connectivity index (χ0v) is 14.6. The van der Waals surface area contributed by atoms with Crippen molar-refractivity contribution in [2.45, 2.75) is 25.4 Å². The molecule has 0 amide bonds. The highest BCUT2D eigenvalue weighted by molar-refractivity contribution is 5.75. The van der Waals surface area contributed by atoms with Crippen molar-refractivity contribution in [2.24, 2.45) is 0 Å². The van der Waals surface area contributed by atoms with Crippen molar-refractivity contribution < 1.29 is 4.39 Å². The molecule has 0 bridgehead atoms. The van der Waals surface area contributed by atoms with Gasteiger partial charge in [0.2, 0.25) is 0 Å². The number of halogens is 1. The highest BCUT2D eigenvalue weighted by atomic mass is 19.1. The lowest BCUT2D eigenvalue weighted by Crippen LogP contribution is -2.26. The van der Waals surface area contributed by atoms with Crippen LogP contribution in [0.4, 0.5) is 4.39 Å². The Labute approximate surface area is 154 Å². The van der Waals surface area contributed by atoms with Gasteiger partial charge in [-0.05, 0) is 49.7 Å². The van der Waals surface area contributed by atoms with Crippen molar-refractivity contribution in [3.63, 3.8) is 0 Å². The molecule has 3 aromatic heterocycles. The number of pyridine rings is 1. The van der Waals surface area contributed by atoms with Gasteiger partial charge in [0.1, 0.15) is 17.3 Å². The van der Waals surface area contributed by atoms with Crippen LogP contribution in [0.25, 0.3) is 16.7 Å². The van der Waals surface area contributed by atoms with Crippen LogP contribution in [0.1, 0.15) is 30.4 Å². The van der Waals surface area contributed by atoms with Gasteiger partial charge < -0.3 is 4.98 Å². The Morgan fingerprint density at radius 3 is 3.04 bits per heavy atom. The summed E-state index contributed by atoms with van der Waals surface area (Å²) in [6.07, 6.45) is 3.73. The third-order valence-electron chi connectivity index (χ3n) is 5.13. The van der Waals surface area contributed by atoms with Crippen LogP contribution in [-0.4, -0.2) is 30.8 Å². The minimum Gasteiger partial charge on any atom is -0.341 e. The smallest absolute Gasteiger partial charge is 0.258 e. The Bertz CT molecular complexity index is 1200. The predicted octanol–water partition coefficient (Wildman–Crippen LogP) is 3.05. The van der Waals surface area contributed by atoms with Gasteiger partial charge in [0.15, 0.2) is 0 Å². The Morgan fingerprint density at radius 1 is 1.19 bits per heavy atom. The van der Waals surface area contributed by atoms with Gasteiger partial charge in [0.05, 0.1) is 22.8 Å². The molecule has 5 rings (SSSR count). The maximum absolute atomic E-state index is 13.5. The molecule has 0 spiro atoms. The molecule has 0 unspecified atom stereocenters. The SMILES string of the molecule is O=c1cc(CN2CCC[C@H]2c2nc3ccc(F)cc3[nH]2)nc2ccccn12. The topological polar surface area (TPSA) is 66.3 Å². The fourth-order valence-electron chi connectivity index (χ4n) is 3.88. The third kappa shape index (κ3) is 2.90. The van der Waals surface area contributed by atoms with Gasteiger partial charge in [-0.1, -0.05) is 6.07 Å². The van der Waals surface area contributed by atoms with E-state index in [1.54, 1.807) is 22.7 Å². The molecule has 1 fully saturated rings. The van der Waals surface area contributed by atoms with Gasteiger partial charge in [-0.15, -0.1) is 0 Å². The minimum atomic E-state index is -0.276. The van der Waals surface area contributed by atoms with E-state index in [1.165, 1.54) is 12.1 Å². The molecular weight excluding hydrogens is 345 g/mol. The molecule has 1 aliphatic rings. The number of nitrogens with zero attached hydrogens (tertiary/aromatic N) is 4. The van der Waals surface area contributed by atoms with Gasteiger partial charge >= 0.3 is 0 Å². The molecule has 0 aliphatic carbocycles. The van der Waals surface area contributed by atoms with Crippen LogP contribution < -0.4 is 5.56 Å². The molecule has 0 radical (unpaired) electrons. The summed E-state index contributed by atoms with van der Waals surface area (Å²) in [7, 11) is 0. The molecule has 4 aromatic rings. The lowest BCUT2D eigenvalue weighted by molar-refractivity contribution is 0.238. The van der Waals surface area contributed by atoms with Gasteiger partial charge in [-0.2, -0.15) is 0 Å². The molecule has 1 aliphatic heterocycles. The van der Waals surface area contributed by atoms with Crippen molar-refractivity contribution >= 4 is 16.7 Å². The molecule has 0 saturated carbocycles. The molecule has 6 nitrogen and oxygen atoms in total. The van der Waals surface area contributed by atoms with Crippen LogP contribution in [0.5, 0.6) is 0 Å². The van der Waals surface area contributed by atoms with E-state index in [4.69, 9.17) is 0 Å². The minimum absolute atomic E-state index is 0.0782. The van der Waals surface area contributed by atoms with Gasteiger partial charge in [0.25, 0.3) is 5.56 Å². The molecule has 1 saturated heterocycles. The number of H-pyrrole nitrogens is 1. The quantitative estimate of drug-likeness (QED) is 0.608. The van der Waals surface area contributed by atoms with Crippen LogP contribution >= 0.6 is 0 Å².